The largest absolute Gasteiger partial charge is 0.341 e. The summed E-state index contributed by atoms with van der Waals surface area (Å²) in [6, 6.07) is 3.85. The van der Waals surface area contributed by atoms with E-state index in [1.165, 1.54) is 0 Å². The highest BCUT2D eigenvalue weighted by Gasteiger charge is 2.44. The number of carbonyl (C=O) groups excluding carboxylic acids is 1. The molecule has 1 heterocycles. The second-order valence-electron chi connectivity index (χ2n) is 5.44. The molecule has 1 fully saturated rings. The standard InChI is InChI=1S/C14H21N3O/c1-14(7-3-6-12(14)15)13(18)17(2)10-11-5-4-8-16-9-11/h4-5,8-9,12H,3,6-7,10,15H2,1-2H3. The Labute approximate surface area is 108 Å². The van der Waals surface area contributed by atoms with Crippen LogP contribution in [0.2, 0.25) is 0 Å². The summed E-state index contributed by atoms with van der Waals surface area (Å²) < 4.78 is 0. The Morgan fingerprint density at radius 1 is 1.67 bits per heavy atom. The molecule has 4 heteroatoms. The van der Waals surface area contributed by atoms with Gasteiger partial charge in [-0.1, -0.05) is 12.5 Å². The molecule has 98 valence electrons. The number of carbonyl (C=O) groups is 1. The normalized spacial score (nSPS) is 27.2. The molecule has 2 rings (SSSR count). The minimum Gasteiger partial charge on any atom is -0.341 e. The van der Waals surface area contributed by atoms with Crippen molar-refractivity contribution in [2.45, 2.75) is 38.8 Å². The maximum atomic E-state index is 12.5. The van der Waals surface area contributed by atoms with Gasteiger partial charge in [-0.3, -0.25) is 9.78 Å². The quantitative estimate of drug-likeness (QED) is 0.881. The number of pyridine rings is 1. The number of amides is 1. The summed E-state index contributed by atoms with van der Waals surface area (Å²) in [6.45, 7) is 2.59. The summed E-state index contributed by atoms with van der Waals surface area (Å²) in [5, 5.41) is 0. The lowest BCUT2D eigenvalue weighted by Gasteiger charge is -2.32. The molecular weight excluding hydrogens is 226 g/mol. The first kappa shape index (κ1) is 13.0. The number of aromatic nitrogens is 1. The summed E-state index contributed by atoms with van der Waals surface area (Å²) in [7, 11) is 1.84. The van der Waals surface area contributed by atoms with E-state index in [-0.39, 0.29) is 11.9 Å². The van der Waals surface area contributed by atoms with Crippen LogP contribution in [0.1, 0.15) is 31.7 Å². The molecule has 0 radical (unpaired) electrons. The lowest BCUT2D eigenvalue weighted by atomic mass is 9.83. The van der Waals surface area contributed by atoms with Crippen LogP contribution in [0, 0.1) is 5.41 Å². The topological polar surface area (TPSA) is 59.2 Å². The fourth-order valence-corrected chi connectivity index (χ4v) is 2.73. The highest BCUT2D eigenvalue weighted by atomic mass is 16.2. The number of hydrogen-bond donors (Lipinski definition) is 1. The predicted octanol–water partition coefficient (Wildman–Crippen LogP) is 1.56. The average Bonchev–Trinajstić information content (AvgIpc) is 2.71. The molecule has 1 aromatic heterocycles. The molecule has 0 aliphatic heterocycles. The Hall–Kier alpha value is -1.42. The summed E-state index contributed by atoms with van der Waals surface area (Å²) in [4.78, 5) is 18.3. The van der Waals surface area contributed by atoms with Crippen LogP contribution in [0.5, 0.6) is 0 Å². The van der Waals surface area contributed by atoms with Crippen molar-refractivity contribution >= 4 is 5.91 Å². The molecule has 18 heavy (non-hydrogen) atoms. The van der Waals surface area contributed by atoms with Crippen molar-refractivity contribution in [2.75, 3.05) is 7.05 Å². The van der Waals surface area contributed by atoms with E-state index in [0.717, 1.165) is 24.8 Å². The maximum absolute atomic E-state index is 12.5. The fraction of sp³-hybridized carbons (Fsp3) is 0.571. The van der Waals surface area contributed by atoms with Crippen LogP contribution in [-0.2, 0) is 11.3 Å². The first-order chi connectivity index (χ1) is 8.54. The number of nitrogens with zero attached hydrogens (tertiary/aromatic N) is 2. The molecule has 2 unspecified atom stereocenters. The summed E-state index contributed by atoms with van der Waals surface area (Å²) in [6.07, 6.45) is 6.41. The van der Waals surface area contributed by atoms with Gasteiger partial charge in [-0.25, -0.2) is 0 Å². The van der Waals surface area contributed by atoms with E-state index in [4.69, 9.17) is 5.73 Å². The minimum atomic E-state index is -0.392. The van der Waals surface area contributed by atoms with Crippen molar-refractivity contribution < 1.29 is 4.79 Å². The molecule has 0 saturated heterocycles. The van der Waals surface area contributed by atoms with Crippen molar-refractivity contribution in [3.8, 4) is 0 Å². The lowest BCUT2D eigenvalue weighted by molar-refractivity contribution is -0.140. The summed E-state index contributed by atoms with van der Waals surface area (Å²) >= 11 is 0. The van der Waals surface area contributed by atoms with Crippen LogP contribution in [-0.4, -0.2) is 28.9 Å². The minimum absolute atomic E-state index is 0.0126. The SMILES string of the molecule is CN(Cc1cccnc1)C(=O)C1(C)CCCC1N. The van der Waals surface area contributed by atoms with E-state index >= 15 is 0 Å². The van der Waals surface area contributed by atoms with E-state index in [1.807, 2.05) is 26.1 Å². The Kier molecular flexibility index (Phi) is 3.66. The van der Waals surface area contributed by atoms with Gasteiger partial charge < -0.3 is 10.6 Å². The molecule has 4 nitrogen and oxygen atoms in total. The number of rotatable bonds is 3. The second kappa shape index (κ2) is 5.06. The van der Waals surface area contributed by atoms with Gasteiger partial charge in [-0.05, 0) is 31.4 Å². The van der Waals surface area contributed by atoms with Crippen molar-refractivity contribution in [3.63, 3.8) is 0 Å². The highest BCUT2D eigenvalue weighted by Crippen LogP contribution is 2.38. The molecular formula is C14H21N3O. The van der Waals surface area contributed by atoms with Gasteiger partial charge in [0.1, 0.15) is 0 Å². The average molecular weight is 247 g/mol. The van der Waals surface area contributed by atoms with E-state index < -0.39 is 5.41 Å². The molecule has 0 bridgehead atoms. The third kappa shape index (κ3) is 2.38. The van der Waals surface area contributed by atoms with E-state index in [9.17, 15) is 4.79 Å². The Morgan fingerprint density at radius 2 is 2.44 bits per heavy atom. The van der Waals surface area contributed by atoms with Gasteiger partial charge in [0.15, 0.2) is 0 Å². The summed E-state index contributed by atoms with van der Waals surface area (Å²) in [5.41, 5.74) is 6.74. The van der Waals surface area contributed by atoms with Crippen LogP contribution in [0.15, 0.2) is 24.5 Å². The molecule has 0 spiro atoms. The van der Waals surface area contributed by atoms with Crippen molar-refractivity contribution in [2.24, 2.45) is 11.1 Å². The van der Waals surface area contributed by atoms with Crippen molar-refractivity contribution in [1.29, 1.82) is 0 Å². The predicted molar refractivity (Wildman–Crippen MR) is 70.6 cm³/mol. The molecule has 1 aliphatic carbocycles. The van der Waals surface area contributed by atoms with Crippen LogP contribution >= 0.6 is 0 Å². The summed E-state index contributed by atoms with van der Waals surface area (Å²) in [5.74, 6) is 0.149. The van der Waals surface area contributed by atoms with E-state index in [0.29, 0.717) is 6.54 Å². The molecule has 0 aromatic carbocycles. The zero-order valence-corrected chi connectivity index (χ0v) is 11.1. The van der Waals surface area contributed by atoms with Crippen LogP contribution < -0.4 is 5.73 Å². The van der Waals surface area contributed by atoms with Crippen molar-refractivity contribution in [1.82, 2.24) is 9.88 Å². The number of hydrogen-bond acceptors (Lipinski definition) is 3. The maximum Gasteiger partial charge on any atom is 0.230 e. The van der Waals surface area contributed by atoms with Gasteiger partial charge in [0, 0.05) is 32.0 Å². The highest BCUT2D eigenvalue weighted by molar-refractivity contribution is 5.83. The van der Waals surface area contributed by atoms with Crippen LogP contribution in [0.25, 0.3) is 0 Å². The molecule has 1 aromatic rings. The zero-order valence-electron chi connectivity index (χ0n) is 11.1. The molecule has 1 aliphatic rings. The van der Waals surface area contributed by atoms with Gasteiger partial charge in [0.25, 0.3) is 0 Å². The van der Waals surface area contributed by atoms with E-state index in [1.54, 1.807) is 17.3 Å². The monoisotopic (exact) mass is 247 g/mol. The van der Waals surface area contributed by atoms with Gasteiger partial charge in [0.2, 0.25) is 5.91 Å². The zero-order chi connectivity index (χ0) is 13.2. The van der Waals surface area contributed by atoms with E-state index in [2.05, 4.69) is 4.98 Å². The van der Waals surface area contributed by atoms with Crippen LogP contribution in [0.4, 0.5) is 0 Å². The first-order valence-electron chi connectivity index (χ1n) is 6.44. The van der Waals surface area contributed by atoms with Gasteiger partial charge in [-0.15, -0.1) is 0 Å². The van der Waals surface area contributed by atoms with Gasteiger partial charge in [-0.2, -0.15) is 0 Å². The fourth-order valence-electron chi connectivity index (χ4n) is 2.73. The second-order valence-corrected chi connectivity index (χ2v) is 5.44. The smallest absolute Gasteiger partial charge is 0.230 e. The van der Waals surface area contributed by atoms with Gasteiger partial charge in [0.05, 0.1) is 5.41 Å². The number of nitrogens with two attached hydrogens (primary N) is 1. The lowest BCUT2D eigenvalue weighted by Crippen LogP contribution is -2.47. The Bertz CT molecular complexity index is 420. The third-order valence-corrected chi connectivity index (χ3v) is 4.01. The molecule has 1 saturated carbocycles. The van der Waals surface area contributed by atoms with Gasteiger partial charge >= 0.3 is 0 Å². The van der Waals surface area contributed by atoms with Crippen molar-refractivity contribution in [3.05, 3.63) is 30.1 Å². The Morgan fingerprint density at radius 3 is 3.00 bits per heavy atom. The van der Waals surface area contributed by atoms with Crippen LogP contribution in [0.3, 0.4) is 0 Å². The molecule has 2 atom stereocenters. The first-order valence-corrected chi connectivity index (χ1v) is 6.44. The Balaban J connectivity index is 2.05. The molecule has 1 amide bonds. The third-order valence-electron chi connectivity index (χ3n) is 4.01. The molecule has 2 N–H and O–H groups in total.